The van der Waals surface area contributed by atoms with Crippen LogP contribution in [0.25, 0.3) is 10.9 Å². The van der Waals surface area contributed by atoms with Crippen molar-refractivity contribution in [2.75, 3.05) is 0 Å². The molecule has 0 aliphatic carbocycles. The number of aromatic nitrogens is 3. The van der Waals surface area contributed by atoms with E-state index in [0.29, 0.717) is 6.54 Å². The van der Waals surface area contributed by atoms with Crippen LogP contribution in [0, 0.1) is 6.92 Å². The summed E-state index contributed by atoms with van der Waals surface area (Å²) in [5, 5.41) is 16.8. The minimum absolute atomic E-state index is 0.0241. The molecule has 7 nitrogen and oxygen atoms in total. The van der Waals surface area contributed by atoms with Gasteiger partial charge in [0.05, 0.1) is 5.39 Å². The first kappa shape index (κ1) is 12.3. The average molecular weight is 251 g/mol. The predicted octanol–water partition coefficient (Wildman–Crippen LogP) is 1.19. The Kier molecular flexibility index (Phi) is 3.14. The maximum absolute atomic E-state index is 12.0. The second kappa shape index (κ2) is 4.59. The summed E-state index contributed by atoms with van der Waals surface area (Å²) >= 11 is 0. The van der Waals surface area contributed by atoms with Crippen LogP contribution in [0.5, 0.6) is 0 Å². The van der Waals surface area contributed by atoms with Gasteiger partial charge in [-0.2, -0.15) is 5.10 Å². The van der Waals surface area contributed by atoms with E-state index >= 15 is 0 Å². The molecule has 0 radical (unpaired) electrons. The van der Waals surface area contributed by atoms with Gasteiger partial charge in [0.2, 0.25) is 0 Å². The van der Waals surface area contributed by atoms with E-state index in [2.05, 4.69) is 10.3 Å². The van der Waals surface area contributed by atoms with Crippen LogP contribution in [0.15, 0.2) is 9.32 Å². The lowest BCUT2D eigenvalue weighted by Crippen LogP contribution is -2.26. The van der Waals surface area contributed by atoms with Gasteiger partial charge < -0.3 is 9.63 Å². The second-order valence-corrected chi connectivity index (χ2v) is 4.00. The van der Waals surface area contributed by atoms with Gasteiger partial charge in [-0.05, 0) is 13.3 Å². The number of aryl methyl sites for hydroxylation is 2. The Morgan fingerprint density at radius 1 is 1.50 bits per heavy atom. The van der Waals surface area contributed by atoms with Crippen molar-refractivity contribution in [3.63, 3.8) is 0 Å². The number of hydrogen-bond acceptors (Lipinski definition) is 5. The van der Waals surface area contributed by atoms with E-state index in [1.165, 1.54) is 0 Å². The monoisotopic (exact) mass is 251 g/mol. The molecule has 18 heavy (non-hydrogen) atoms. The summed E-state index contributed by atoms with van der Waals surface area (Å²) in [7, 11) is 0. The van der Waals surface area contributed by atoms with Gasteiger partial charge in [0, 0.05) is 6.54 Å². The molecule has 0 aromatic carbocycles. The zero-order valence-corrected chi connectivity index (χ0v) is 10.1. The SMILES string of the molecule is CCCCn1nc(C(=O)O)c2c(C)onc2c1=O. The van der Waals surface area contributed by atoms with E-state index in [-0.39, 0.29) is 22.4 Å². The Morgan fingerprint density at radius 2 is 2.22 bits per heavy atom. The summed E-state index contributed by atoms with van der Waals surface area (Å²) < 4.78 is 6.02. The van der Waals surface area contributed by atoms with Crippen LogP contribution in [0.2, 0.25) is 0 Å². The number of carboxylic acid groups (broad SMARTS) is 1. The zero-order valence-electron chi connectivity index (χ0n) is 10.1. The van der Waals surface area contributed by atoms with Crippen molar-refractivity contribution in [3.8, 4) is 0 Å². The molecular formula is C11H13N3O4. The third-order valence-electron chi connectivity index (χ3n) is 2.68. The zero-order chi connectivity index (χ0) is 13.3. The first-order valence-corrected chi connectivity index (χ1v) is 5.66. The fourth-order valence-corrected chi connectivity index (χ4v) is 1.74. The molecule has 1 N–H and O–H groups in total. The highest BCUT2D eigenvalue weighted by Crippen LogP contribution is 2.17. The molecule has 2 heterocycles. The standard InChI is InChI=1S/C11H13N3O4/c1-3-4-5-14-10(15)8-7(6(2)18-13-8)9(12-14)11(16)17/h3-5H2,1-2H3,(H,16,17). The van der Waals surface area contributed by atoms with Crippen LogP contribution < -0.4 is 5.56 Å². The fraction of sp³-hybridized carbons (Fsp3) is 0.455. The topological polar surface area (TPSA) is 98.2 Å². The van der Waals surface area contributed by atoms with Gasteiger partial charge in [-0.25, -0.2) is 9.48 Å². The van der Waals surface area contributed by atoms with Gasteiger partial charge in [-0.15, -0.1) is 0 Å². The molecule has 2 aromatic rings. The van der Waals surface area contributed by atoms with E-state index in [9.17, 15) is 9.59 Å². The molecule has 0 saturated carbocycles. The summed E-state index contributed by atoms with van der Waals surface area (Å²) in [6.07, 6.45) is 1.63. The molecule has 0 bridgehead atoms. The van der Waals surface area contributed by atoms with Gasteiger partial charge in [-0.1, -0.05) is 18.5 Å². The van der Waals surface area contributed by atoms with Crippen LogP contribution >= 0.6 is 0 Å². The van der Waals surface area contributed by atoms with Crippen LogP contribution in [0.3, 0.4) is 0 Å². The number of carboxylic acids is 1. The number of hydrogen-bond donors (Lipinski definition) is 1. The summed E-state index contributed by atoms with van der Waals surface area (Å²) in [6.45, 7) is 3.90. The Morgan fingerprint density at radius 3 is 2.83 bits per heavy atom. The Labute approximate surface area is 102 Å². The fourth-order valence-electron chi connectivity index (χ4n) is 1.74. The number of unbranched alkanes of at least 4 members (excludes halogenated alkanes) is 1. The summed E-state index contributed by atoms with van der Waals surface area (Å²) in [5.41, 5.74) is -0.587. The third kappa shape index (κ3) is 1.87. The smallest absolute Gasteiger partial charge is 0.357 e. The molecule has 0 amide bonds. The number of aromatic carboxylic acids is 1. The first-order valence-electron chi connectivity index (χ1n) is 5.66. The van der Waals surface area contributed by atoms with Gasteiger partial charge in [0.1, 0.15) is 5.76 Å². The second-order valence-electron chi connectivity index (χ2n) is 4.00. The predicted molar refractivity (Wildman–Crippen MR) is 62.7 cm³/mol. The molecule has 0 fully saturated rings. The van der Waals surface area contributed by atoms with E-state index in [1.807, 2.05) is 6.92 Å². The molecule has 0 spiro atoms. The molecule has 96 valence electrons. The van der Waals surface area contributed by atoms with E-state index < -0.39 is 11.5 Å². The first-order chi connectivity index (χ1) is 8.56. The Bertz CT molecular complexity index is 656. The van der Waals surface area contributed by atoms with Crippen molar-refractivity contribution in [3.05, 3.63) is 21.8 Å². The molecule has 2 aromatic heterocycles. The highest BCUT2D eigenvalue weighted by atomic mass is 16.5. The largest absolute Gasteiger partial charge is 0.476 e. The summed E-state index contributed by atoms with van der Waals surface area (Å²) in [4.78, 5) is 23.2. The van der Waals surface area contributed by atoms with Crippen molar-refractivity contribution in [2.24, 2.45) is 0 Å². The summed E-state index contributed by atoms with van der Waals surface area (Å²) in [6, 6.07) is 0. The van der Waals surface area contributed by atoms with Gasteiger partial charge in [0.25, 0.3) is 5.56 Å². The quantitative estimate of drug-likeness (QED) is 0.876. The number of fused-ring (bicyclic) bond motifs is 1. The molecule has 7 heteroatoms. The molecule has 0 unspecified atom stereocenters. The van der Waals surface area contributed by atoms with Crippen molar-refractivity contribution in [2.45, 2.75) is 33.2 Å². The minimum Gasteiger partial charge on any atom is -0.476 e. The number of nitrogens with zero attached hydrogens (tertiary/aromatic N) is 3. The minimum atomic E-state index is -1.20. The van der Waals surface area contributed by atoms with E-state index in [1.54, 1.807) is 6.92 Å². The van der Waals surface area contributed by atoms with Crippen molar-refractivity contribution in [1.82, 2.24) is 14.9 Å². The van der Waals surface area contributed by atoms with Crippen molar-refractivity contribution in [1.29, 1.82) is 0 Å². The van der Waals surface area contributed by atoms with Gasteiger partial charge >= 0.3 is 5.97 Å². The van der Waals surface area contributed by atoms with Crippen molar-refractivity contribution >= 4 is 16.9 Å². The maximum atomic E-state index is 12.0. The van der Waals surface area contributed by atoms with Crippen molar-refractivity contribution < 1.29 is 14.4 Å². The average Bonchev–Trinajstić information content (AvgIpc) is 2.71. The van der Waals surface area contributed by atoms with Crippen LogP contribution in [-0.2, 0) is 6.54 Å². The van der Waals surface area contributed by atoms with Gasteiger partial charge in [0.15, 0.2) is 11.2 Å². The highest BCUT2D eigenvalue weighted by molar-refractivity contribution is 6.00. The molecule has 0 aliphatic rings. The molecule has 0 atom stereocenters. The summed E-state index contributed by atoms with van der Waals surface area (Å²) in [5.74, 6) is -0.911. The number of carbonyl (C=O) groups is 1. The molecular weight excluding hydrogens is 238 g/mol. The molecule has 2 rings (SSSR count). The lowest BCUT2D eigenvalue weighted by atomic mass is 10.2. The van der Waals surface area contributed by atoms with Crippen LogP contribution in [0.4, 0.5) is 0 Å². The van der Waals surface area contributed by atoms with Crippen LogP contribution in [-0.4, -0.2) is 26.0 Å². The van der Waals surface area contributed by atoms with Gasteiger partial charge in [-0.3, -0.25) is 4.79 Å². The Balaban J connectivity index is 2.72. The molecule has 0 aliphatic heterocycles. The van der Waals surface area contributed by atoms with E-state index in [4.69, 9.17) is 9.63 Å². The van der Waals surface area contributed by atoms with E-state index in [0.717, 1.165) is 17.5 Å². The maximum Gasteiger partial charge on any atom is 0.357 e. The lowest BCUT2D eigenvalue weighted by molar-refractivity contribution is 0.0689. The van der Waals surface area contributed by atoms with Crippen LogP contribution in [0.1, 0.15) is 36.0 Å². The third-order valence-corrected chi connectivity index (χ3v) is 2.68. The normalized spacial score (nSPS) is 11.0. The number of rotatable bonds is 4. The highest BCUT2D eigenvalue weighted by Gasteiger charge is 2.21. The lowest BCUT2D eigenvalue weighted by Gasteiger charge is -2.04. The molecule has 0 saturated heterocycles. The Hall–Kier alpha value is -2.18.